The van der Waals surface area contributed by atoms with Crippen molar-refractivity contribution in [1.29, 1.82) is 0 Å². The van der Waals surface area contributed by atoms with Crippen LogP contribution in [0.2, 0.25) is 0 Å². The summed E-state index contributed by atoms with van der Waals surface area (Å²) in [5, 5.41) is 0. The van der Waals surface area contributed by atoms with Crippen LogP contribution in [0.3, 0.4) is 0 Å². The lowest BCUT2D eigenvalue weighted by Crippen LogP contribution is -2.30. The third-order valence-corrected chi connectivity index (χ3v) is 3.55. The highest BCUT2D eigenvalue weighted by Gasteiger charge is 2.20. The smallest absolute Gasteiger partial charge is 0.122 e. The molecule has 4 heteroatoms. The van der Waals surface area contributed by atoms with E-state index in [2.05, 4.69) is 17.6 Å². The Bertz CT molecular complexity index is 471. The van der Waals surface area contributed by atoms with Gasteiger partial charge in [-0.3, -0.25) is 5.84 Å². The normalized spacial score (nSPS) is 19.5. The van der Waals surface area contributed by atoms with Gasteiger partial charge in [0.2, 0.25) is 0 Å². The van der Waals surface area contributed by atoms with Gasteiger partial charge in [-0.25, -0.2) is 5.43 Å². The lowest BCUT2D eigenvalue weighted by Gasteiger charge is -2.23. The molecule has 0 saturated carbocycles. The summed E-state index contributed by atoms with van der Waals surface area (Å²) in [6.45, 7) is 1.59. The molecule has 18 heavy (non-hydrogen) atoms. The molecule has 1 aromatic rings. The second kappa shape index (κ2) is 5.00. The van der Waals surface area contributed by atoms with Gasteiger partial charge in [0.25, 0.3) is 0 Å². The van der Waals surface area contributed by atoms with Gasteiger partial charge in [-0.15, -0.1) is 0 Å². The summed E-state index contributed by atoms with van der Waals surface area (Å²) >= 11 is 0. The van der Waals surface area contributed by atoms with Crippen LogP contribution in [0.15, 0.2) is 30.0 Å². The van der Waals surface area contributed by atoms with E-state index < -0.39 is 0 Å². The first-order chi connectivity index (χ1) is 8.88. The molecule has 0 bridgehead atoms. The van der Waals surface area contributed by atoms with Crippen molar-refractivity contribution >= 4 is 0 Å². The molecular formula is C14H18N2O2. The number of nitrogens with two attached hydrogens (primary N) is 1. The first kappa shape index (κ1) is 11.6. The molecule has 0 saturated heterocycles. The minimum absolute atomic E-state index is 0.0381. The fourth-order valence-electron chi connectivity index (χ4n) is 2.60. The minimum atomic E-state index is 0.0381. The van der Waals surface area contributed by atoms with Crippen molar-refractivity contribution in [3.8, 4) is 5.75 Å². The molecule has 2 aliphatic rings. The van der Waals surface area contributed by atoms with Crippen LogP contribution >= 0.6 is 0 Å². The van der Waals surface area contributed by atoms with E-state index in [4.69, 9.17) is 15.3 Å². The Hall–Kier alpha value is -1.52. The average Bonchev–Trinajstić information content (AvgIpc) is 2.88. The zero-order chi connectivity index (χ0) is 12.4. The number of rotatable bonds is 3. The molecule has 0 amide bonds. The van der Waals surface area contributed by atoms with Gasteiger partial charge in [0.05, 0.1) is 25.5 Å². The number of hydrazine groups is 1. The second-order valence-corrected chi connectivity index (χ2v) is 4.73. The van der Waals surface area contributed by atoms with Crippen LogP contribution in [-0.4, -0.2) is 13.2 Å². The Morgan fingerprint density at radius 3 is 2.94 bits per heavy atom. The molecule has 2 heterocycles. The first-order valence-corrected chi connectivity index (χ1v) is 6.41. The number of fused-ring (bicyclic) bond motifs is 1. The number of ether oxygens (including phenoxy) is 2. The summed E-state index contributed by atoms with van der Waals surface area (Å²) in [6.07, 6.45) is 4.91. The van der Waals surface area contributed by atoms with Gasteiger partial charge in [0.1, 0.15) is 5.75 Å². The Balaban J connectivity index is 1.89. The zero-order valence-electron chi connectivity index (χ0n) is 10.3. The van der Waals surface area contributed by atoms with Crippen molar-refractivity contribution in [2.45, 2.75) is 25.3 Å². The van der Waals surface area contributed by atoms with E-state index in [1.807, 2.05) is 12.3 Å². The van der Waals surface area contributed by atoms with E-state index in [-0.39, 0.29) is 6.04 Å². The van der Waals surface area contributed by atoms with Crippen LogP contribution in [0.1, 0.15) is 30.0 Å². The highest BCUT2D eigenvalue weighted by molar-refractivity contribution is 5.42. The van der Waals surface area contributed by atoms with Crippen molar-refractivity contribution in [1.82, 2.24) is 5.43 Å². The Morgan fingerprint density at radius 1 is 1.22 bits per heavy atom. The van der Waals surface area contributed by atoms with Crippen molar-refractivity contribution in [3.05, 3.63) is 41.2 Å². The maximum absolute atomic E-state index is 5.70. The van der Waals surface area contributed by atoms with Crippen LogP contribution < -0.4 is 16.0 Å². The fourth-order valence-corrected chi connectivity index (χ4v) is 2.60. The van der Waals surface area contributed by atoms with Gasteiger partial charge in [-0.05, 0) is 35.6 Å². The Labute approximate surface area is 107 Å². The number of nitrogens with one attached hydrogen (secondary N) is 1. The van der Waals surface area contributed by atoms with Gasteiger partial charge in [0.15, 0.2) is 0 Å². The molecule has 3 rings (SSSR count). The summed E-state index contributed by atoms with van der Waals surface area (Å²) in [7, 11) is 0. The number of hydrogen-bond acceptors (Lipinski definition) is 4. The quantitative estimate of drug-likeness (QED) is 0.631. The van der Waals surface area contributed by atoms with Crippen LogP contribution in [-0.2, 0) is 11.2 Å². The summed E-state index contributed by atoms with van der Waals surface area (Å²) in [4.78, 5) is 0. The van der Waals surface area contributed by atoms with E-state index >= 15 is 0 Å². The lowest BCUT2D eigenvalue weighted by molar-refractivity contribution is 0.219. The van der Waals surface area contributed by atoms with Crippen molar-refractivity contribution in [2.75, 3.05) is 13.2 Å². The molecule has 1 aromatic carbocycles. The fraction of sp³-hybridized carbons (Fsp3) is 0.429. The van der Waals surface area contributed by atoms with Crippen LogP contribution in [0, 0.1) is 0 Å². The van der Waals surface area contributed by atoms with Gasteiger partial charge in [-0.1, -0.05) is 12.1 Å². The summed E-state index contributed by atoms with van der Waals surface area (Å²) < 4.78 is 10.9. The summed E-state index contributed by atoms with van der Waals surface area (Å²) in [6, 6.07) is 6.33. The highest BCUT2D eigenvalue weighted by Crippen LogP contribution is 2.32. The lowest BCUT2D eigenvalue weighted by atomic mass is 9.94. The predicted octanol–water partition coefficient (Wildman–Crippen LogP) is 1.82. The molecule has 3 N–H and O–H groups in total. The maximum Gasteiger partial charge on any atom is 0.122 e. The standard InChI is InChI=1S/C14H18N2O2/c15-16-14(12-2-1-6-17-9-12)11-3-4-13-10(8-11)5-7-18-13/h3-4,8-9,14,16H,1-2,5-7,15H2. The molecule has 0 fully saturated rings. The van der Waals surface area contributed by atoms with Crippen molar-refractivity contribution in [2.24, 2.45) is 5.84 Å². The molecule has 0 radical (unpaired) electrons. The Morgan fingerprint density at radius 2 is 2.17 bits per heavy atom. The third-order valence-electron chi connectivity index (χ3n) is 3.55. The van der Waals surface area contributed by atoms with E-state index in [0.29, 0.717) is 0 Å². The van der Waals surface area contributed by atoms with Crippen LogP contribution in [0.25, 0.3) is 0 Å². The number of benzene rings is 1. The monoisotopic (exact) mass is 246 g/mol. The maximum atomic E-state index is 5.70. The van der Waals surface area contributed by atoms with E-state index in [1.54, 1.807) is 0 Å². The predicted molar refractivity (Wildman–Crippen MR) is 69.0 cm³/mol. The van der Waals surface area contributed by atoms with E-state index in [9.17, 15) is 0 Å². The van der Waals surface area contributed by atoms with Gasteiger partial charge in [0, 0.05) is 6.42 Å². The number of hydrogen-bond donors (Lipinski definition) is 2. The van der Waals surface area contributed by atoms with Crippen molar-refractivity contribution < 1.29 is 9.47 Å². The Kier molecular flexibility index (Phi) is 3.21. The zero-order valence-corrected chi connectivity index (χ0v) is 10.3. The molecule has 0 aliphatic carbocycles. The van der Waals surface area contributed by atoms with Gasteiger partial charge < -0.3 is 9.47 Å². The minimum Gasteiger partial charge on any atom is -0.501 e. The first-order valence-electron chi connectivity index (χ1n) is 6.41. The van der Waals surface area contributed by atoms with E-state index in [0.717, 1.165) is 38.2 Å². The second-order valence-electron chi connectivity index (χ2n) is 4.73. The molecule has 0 aromatic heterocycles. The van der Waals surface area contributed by atoms with E-state index in [1.165, 1.54) is 16.7 Å². The molecule has 96 valence electrons. The van der Waals surface area contributed by atoms with Gasteiger partial charge in [-0.2, -0.15) is 0 Å². The highest BCUT2D eigenvalue weighted by atomic mass is 16.5. The topological polar surface area (TPSA) is 56.5 Å². The largest absolute Gasteiger partial charge is 0.501 e. The molecule has 0 spiro atoms. The van der Waals surface area contributed by atoms with Crippen LogP contribution in [0.4, 0.5) is 0 Å². The molecular weight excluding hydrogens is 228 g/mol. The van der Waals surface area contributed by atoms with Crippen LogP contribution in [0.5, 0.6) is 5.75 Å². The van der Waals surface area contributed by atoms with Crippen molar-refractivity contribution in [3.63, 3.8) is 0 Å². The summed E-state index contributed by atoms with van der Waals surface area (Å²) in [5.41, 5.74) is 6.55. The molecule has 1 unspecified atom stereocenters. The molecule has 4 nitrogen and oxygen atoms in total. The molecule has 2 aliphatic heterocycles. The average molecular weight is 246 g/mol. The van der Waals surface area contributed by atoms with Gasteiger partial charge >= 0.3 is 0 Å². The summed E-state index contributed by atoms with van der Waals surface area (Å²) in [5.74, 6) is 6.71. The third kappa shape index (κ3) is 2.09. The SMILES string of the molecule is NNC(C1=COCCC1)c1ccc2c(c1)CCO2. The molecule has 1 atom stereocenters.